The number of halogens is 1. The molecule has 0 saturated heterocycles. The van der Waals surface area contributed by atoms with Gasteiger partial charge in [0.2, 0.25) is 0 Å². The van der Waals surface area contributed by atoms with Gasteiger partial charge in [0.05, 0.1) is 0 Å². The molecule has 4 heteroatoms. The number of nitrogens with one attached hydrogen (secondary N) is 2. The van der Waals surface area contributed by atoms with E-state index in [9.17, 15) is 4.79 Å². The highest BCUT2D eigenvalue weighted by Crippen LogP contribution is 2.51. The Morgan fingerprint density at radius 2 is 1.80 bits per heavy atom. The maximum atomic E-state index is 12.0. The fourth-order valence-electron chi connectivity index (χ4n) is 2.60. The van der Waals surface area contributed by atoms with Crippen molar-refractivity contribution in [2.24, 2.45) is 0 Å². The van der Waals surface area contributed by atoms with E-state index in [0.717, 1.165) is 17.3 Å². The van der Waals surface area contributed by atoms with Crippen LogP contribution < -0.4 is 10.6 Å². The highest BCUT2D eigenvalue weighted by Gasteiger charge is 2.49. The van der Waals surface area contributed by atoms with Crippen LogP contribution in [0.15, 0.2) is 28.7 Å². The minimum Gasteiger partial charge on any atom is -0.335 e. The summed E-state index contributed by atoms with van der Waals surface area (Å²) >= 11 is 3.46. The van der Waals surface area contributed by atoms with E-state index in [1.54, 1.807) is 0 Å². The molecule has 0 aliphatic heterocycles. The van der Waals surface area contributed by atoms with Crippen molar-refractivity contribution in [2.45, 2.75) is 57.5 Å². The van der Waals surface area contributed by atoms with Gasteiger partial charge in [0, 0.05) is 21.5 Å². The Balaban J connectivity index is 2.03. The first-order valence-electron chi connectivity index (χ1n) is 7.08. The molecule has 1 aromatic carbocycles. The highest BCUT2D eigenvalue weighted by atomic mass is 79.9. The molecule has 1 aliphatic carbocycles. The lowest BCUT2D eigenvalue weighted by molar-refractivity contribution is 0.226. The molecule has 0 aromatic heterocycles. The van der Waals surface area contributed by atoms with Gasteiger partial charge in [0.1, 0.15) is 0 Å². The second-order valence-electron chi connectivity index (χ2n) is 6.73. The van der Waals surface area contributed by atoms with Crippen molar-refractivity contribution in [3.8, 4) is 0 Å². The second-order valence-corrected chi connectivity index (χ2v) is 7.65. The molecule has 1 fully saturated rings. The van der Waals surface area contributed by atoms with E-state index >= 15 is 0 Å². The van der Waals surface area contributed by atoms with Crippen LogP contribution in [0, 0.1) is 0 Å². The van der Waals surface area contributed by atoms with Crippen molar-refractivity contribution in [1.29, 1.82) is 0 Å². The number of benzene rings is 1. The van der Waals surface area contributed by atoms with Gasteiger partial charge in [-0.3, -0.25) is 0 Å². The van der Waals surface area contributed by atoms with Gasteiger partial charge in [-0.1, -0.05) is 28.1 Å². The Morgan fingerprint density at radius 1 is 1.25 bits per heavy atom. The summed E-state index contributed by atoms with van der Waals surface area (Å²) in [6.45, 7) is 8.05. The number of carbonyl (C=O) groups is 1. The number of carbonyl (C=O) groups excluding carboxylic acids is 1. The minimum absolute atomic E-state index is 0.0895. The minimum atomic E-state index is -0.210. The summed E-state index contributed by atoms with van der Waals surface area (Å²) < 4.78 is 1.09. The van der Waals surface area contributed by atoms with Crippen molar-refractivity contribution >= 4 is 22.0 Å². The Hall–Kier alpha value is -1.03. The largest absolute Gasteiger partial charge is 0.335 e. The topological polar surface area (TPSA) is 41.1 Å². The highest BCUT2D eigenvalue weighted by molar-refractivity contribution is 9.10. The van der Waals surface area contributed by atoms with Crippen LogP contribution in [0.4, 0.5) is 4.79 Å². The van der Waals surface area contributed by atoms with Gasteiger partial charge in [0.25, 0.3) is 0 Å². The zero-order valence-electron chi connectivity index (χ0n) is 12.6. The summed E-state index contributed by atoms with van der Waals surface area (Å²) in [4.78, 5) is 12.0. The Labute approximate surface area is 129 Å². The molecule has 2 amide bonds. The predicted molar refractivity (Wildman–Crippen MR) is 85.9 cm³/mol. The standard InChI is InChI=1S/C16H23BrN2O/c1-11(18-14(20)19-15(2,3)4)16(9-10-16)12-5-7-13(17)8-6-12/h5-8,11H,9-10H2,1-4H3,(H2,18,19,20). The van der Waals surface area contributed by atoms with Gasteiger partial charge in [-0.2, -0.15) is 0 Å². The molecule has 0 heterocycles. The van der Waals surface area contributed by atoms with Crippen LogP contribution in [-0.4, -0.2) is 17.6 Å². The first kappa shape index (κ1) is 15.4. The van der Waals surface area contributed by atoms with E-state index in [1.807, 2.05) is 20.8 Å². The van der Waals surface area contributed by atoms with Crippen LogP contribution in [0.25, 0.3) is 0 Å². The van der Waals surface area contributed by atoms with Crippen LogP contribution in [0.1, 0.15) is 46.1 Å². The summed E-state index contributed by atoms with van der Waals surface area (Å²) in [5.41, 5.74) is 1.21. The smallest absolute Gasteiger partial charge is 0.315 e. The van der Waals surface area contributed by atoms with Crippen LogP contribution in [0.3, 0.4) is 0 Å². The van der Waals surface area contributed by atoms with Crippen molar-refractivity contribution in [3.63, 3.8) is 0 Å². The molecular weight excluding hydrogens is 316 g/mol. The summed E-state index contributed by atoms with van der Waals surface area (Å²) in [5.74, 6) is 0. The SMILES string of the molecule is CC(NC(=O)NC(C)(C)C)C1(c2ccc(Br)cc2)CC1. The first-order valence-corrected chi connectivity index (χ1v) is 7.87. The van der Waals surface area contributed by atoms with Crippen LogP contribution in [-0.2, 0) is 5.41 Å². The van der Waals surface area contributed by atoms with Crippen molar-refractivity contribution in [3.05, 3.63) is 34.3 Å². The molecule has 1 unspecified atom stereocenters. The van der Waals surface area contributed by atoms with E-state index in [0.29, 0.717) is 0 Å². The molecule has 0 radical (unpaired) electrons. The zero-order valence-corrected chi connectivity index (χ0v) is 14.2. The van der Waals surface area contributed by atoms with E-state index in [4.69, 9.17) is 0 Å². The fraction of sp³-hybridized carbons (Fsp3) is 0.562. The number of hydrogen-bond donors (Lipinski definition) is 2. The van der Waals surface area contributed by atoms with Crippen molar-refractivity contribution in [2.75, 3.05) is 0 Å². The third-order valence-electron chi connectivity index (χ3n) is 3.87. The van der Waals surface area contributed by atoms with E-state index < -0.39 is 0 Å². The van der Waals surface area contributed by atoms with Crippen molar-refractivity contribution < 1.29 is 4.79 Å². The van der Waals surface area contributed by atoms with Crippen LogP contribution >= 0.6 is 15.9 Å². The summed E-state index contributed by atoms with van der Waals surface area (Å²) in [5, 5.41) is 6.04. The summed E-state index contributed by atoms with van der Waals surface area (Å²) in [7, 11) is 0. The van der Waals surface area contributed by atoms with E-state index in [-0.39, 0.29) is 23.0 Å². The quantitative estimate of drug-likeness (QED) is 0.860. The average molecular weight is 339 g/mol. The predicted octanol–water partition coefficient (Wildman–Crippen LogP) is 3.97. The lowest BCUT2D eigenvalue weighted by atomic mass is 9.89. The number of urea groups is 1. The maximum Gasteiger partial charge on any atom is 0.315 e. The van der Waals surface area contributed by atoms with Gasteiger partial charge in [-0.15, -0.1) is 0 Å². The van der Waals surface area contributed by atoms with E-state index in [1.165, 1.54) is 5.56 Å². The summed E-state index contributed by atoms with van der Waals surface area (Å²) in [6.07, 6.45) is 2.26. The number of hydrogen-bond acceptors (Lipinski definition) is 1. The molecule has 0 spiro atoms. The lowest BCUT2D eigenvalue weighted by Gasteiger charge is -2.28. The summed E-state index contributed by atoms with van der Waals surface area (Å²) in [6, 6.07) is 8.47. The fourth-order valence-corrected chi connectivity index (χ4v) is 2.86. The normalized spacial score (nSPS) is 18.2. The monoisotopic (exact) mass is 338 g/mol. The Bertz CT molecular complexity index is 486. The third kappa shape index (κ3) is 3.54. The molecule has 3 nitrogen and oxygen atoms in total. The number of rotatable bonds is 3. The molecule has 1 aromatic rings. The van der Waals surface area contributed by atoms with Crippen molar-refractivity contribution in [1.82, 2.24) is 10.6 Å². The molecule has 1 aliphatic rings. The second kappa shape index (κ2) is 5.40. The molecule has 2 rings (SSSR count). The molecule has 1 saturated carbocycles. The molecule has 2 N–H and O–H groups in total. The van der Waals surface area contributed by atoms with Crippen LogP contribution in [0.5, 0.6) is 0 Å². The molecular formula is C16H23BrN2O. The first-order chi connectivity index (χ1) is 9.23. The third-order valence-corrected chi connectivity index (χ3v) is 4.40. The molecule has 1 atom stereocenters. The molecule has 0 bridgehead atoms. The van der Waals surface area contributed by atoms with Crippen LogP contribution in [0.2, 0.25) is 0 Å². The van der Waals surface area contributed by atoms with Gasteiger partial charge < -0.3 is 10.6 Å². The molecule has 110 valence electrons. The Morgan fingerprint density at radius 3 is 2.25 bits per heavy atom. The van der Waals surface area contributed by atoms with Gasteiger partial charge in [0.15, 0.2) is 0 Å². The lowest BCUT2D eigenvalue weighted by Crippen LogP contribution is -2.51. The van der Waals surface area contributed by atoms with Gasteiger partial charge in [-0.25, -0.2) is 4.79 Å². The van der Waals surface area contributed by atoms with E-state index in [2.05, 4.69) is 57.8 Å². The molecule has 20 heavy (non-hydrogen) atoms. The Kier molecular flexibility index (Phi) is 4.14. The van der Waals surface area contributed by atoms with Gasteiger partial charge in [-0.05, 0) is 58.2 Å². The zero-order chi connectivity index (χ0) is 15.0. The number of amides is 2. The van der Waals surface area contributed by atoms with Gasteiger partial charge >= 0.3 is 6.03 Å². The average Bonchev–Trinajstić information content (AvgIpc) is 3.08. The maximum absolute atomic E-state index is 12.0.